The highest BCUT2D eigenvalue weighted by atomic mass is 16.7. The van der Waals surface area contributed by atoms with E-state index in [1.807, 2.05) is 13.0 Å². The van der Waals surface area contributed by atoms with Crippen molar-refractivity contribution in [1.29, 1.82) is 0 Å². The van der Waals surface area contributed by atoms with Crippen molar-refractivity contribution in [1.82, 2.24) is 0 Å². The van der Waals surface area contributed by atoms with Gasteiger partial charge in [-0.3, -0.25) is 9.59 Å². The fourth-order valence-electron chi connectivity index (χ4n) is 3.44. The molecular formula is C15H20O5. The fraction of sp³-hybridized carbons (Fsp3) is 0.733. The van der Waals surface area contributed by atoms with Gasteiger partial charge in [0.25, 0.3) is 0 Å². The van der Waals surface area contributed by atoms with Crippen molar-refractivity contribution in [3.63, 3.8) is 0 Å². The highest BCUT2D eigenvalue weighted by molar-refractivity contribution is 5.97. The van der Waals surface area contributed by atoms with Crippen LogP contribution in [0.3, 0.4) is 0 Å². The molecule has 3 rings (SSSR count). The Morgan fingerprint density at radius 1 is 1.05 bits per heavy atom. The Morgan fingerprint density at radius 2 is 1.75 bits per heavy atom. The van der Waals surface area contributed by atoms with Crippen molar-refractivity contribution in [3.8, 4) is 0 Å². The molecule has 5 nitrogen and oxygen atoms in total. The summed E-state index contributed by atoms with van der Waals surface area (Å²) in [4.78, 5) is 23.6. The van der Waals surface area contributed by atoms with Gasteiger partial charge < -0.3 is 14.2 Å². The van der Waals surface area contributed by atoms with E-state index in [0.29, 0.717) is 13.2 Å². The molecule has 110 valence electrons. The second kappa shape index (κ2) is 5.66. The summed E-state index contributed by atoms with van der Waals surface area (Å²) >= 11 is 0. The van der Waals surface area contributed by atoms with E-state index in [9.17, 15) is 9.59 Å². The van der Waals surface area contributed by atoms with Gasteiger partial charge in [0.15, 0.2) is 6.29 Å². The number of hydrogen-bond acceptors (Lipinski definition) is 5. The summed E-state index contributed by atoms with van der Waals surface area (Å²) in [6.45, 7) is 3.29. The lowest BCUT2D eigenvalue weighted by Crippen LogP contribution is -2.32. The lowest BCUT2D eigenvalue weighted by atomic mass is 9.71. The first kappa shape index (κ1) is 13.8. The highest BCUT2D eigenvalue weighted by Crippen LogP contribution is 2.42. The highest BCUT2D eigenvalue weighted by Gasteiger charge is 2.51. The van der Waals surface area contributed by atoms with E-state index in [-0.39, 0.29) is 41.9 Å². The Kier molecular flexibility index (Phi) is 3.89. The second-order valence-corrected chi connectivity index (χ2v) is 5.80. The number of fused-ring (bicyclic) bond motifs is 1. The number of carbonyl (C=O) groups excluding carboxylic acids is 2. The maximum absolute atomic E-state index is 11.9. The van der Waals surface area contributed by atoms with E-state index in [4.69, 9.17) is 14.2 Å². The van der Waals surface area contributed by atoms with Crippen LogP contribution in [0.25, 0.3) is 0 Å². The Morgan fingerprint density at radius 3 is 2.50 bits per heavy atom. The summed E-state index contributed by atoms with van der Waals surface area (Å²) in [5, 5.41) is 0. The molecule has 3 aliphatic rings. The molecule has 0 unspecified atom stereocenters. The molecule has 2 aliphatic heterocycles. The number of ether oxygens (including phenoxy) is 3. The van der Waals surface area contributed by atoms with Gasteiger partial charge in [-0.2, -0.15) is 0 Å². The van der Waals surface area contributed by atoms with Gasteiger partial charge in [0.05, 0.1) is 25.0 Å². The van der Waals surface area contributed by atoms with Crippen LogP contribution in [-0.2, 0) is 23.8 Å². The van der Waals surface area contributed by atoms with Crippen LogP contribution in [-0.4, -0.2) is 31.4 Å². The minimum atomic E-state index is -0.357. The number of rotatable bonds is 4. The van der Waals surface area contributed by atoms with E-state index in [1.54, 1.807) is 0 Å². The maximum atomic E-state index is 11.9. The van der Waals surface area contributed by atoms with E-state index in [1.165, 1.54) is 0 Å². The number of carbonyl (C=O) groups is 2. The molecule has 1 aliphatic carbocycles. The topological polar surface area (TPSA) is 61.8 Å². The largest absolute Gasteiger partial charge is 0.393 e. The average molecular weight is 280 g/mol. The molecule has 2 heterocycles. The minimum absolute atomic E-state index is 0.0803. The molecule has 0 saturated carbocycles. The molecule has 0 bridgehead atoms. The monoisotopic (exact) mass is 280 g/mol. The smallest absolute Gasteiger partial charge is 0.318 e. The van der Waals surface area contributed by atoms with E-state index >= 15 is 0 Å². The lowest BCUT2D eigenvalue weighted by molar-refractivity contribution is -0.154. The zero-order valence-electron chi connectivity index (χ0n) is 11.6. The number of cyclic esters (lactones) is 2. The van der Waals surface area contributed by atoms with E-state index in [2.05, 4.69) is 6.08 Å². The summed E-state index contributed by atoms with van der Waals surface area (Å²) in [5.74, 6) is -1.13. The summed E-state index contributed by atoms with van der Waals surface area (Å²) in [6, 6.07) is 0. The van der Waals surface area contributed by atoms with Crippen molar-refractivity contribution in [2.45, 2.75) is 32.5 Å². The van der Waals surface area contributed by atoms with Gasteiger partial charge in [-0.25, -0.2) is 0 Å². The Hall–Kier alpha value is -1.20. The molecule has 2 saturated heterocycles. The van der Waals surface area contributed by atoms with Gasteiger partial charge in [-0.1, -0.05) is 19.1 Å². The Balaban J connectivity index is 1.59. The first-order valence-corrected chi connectivity index (χ1v) is 7.34. The van der Waals surface area contributed by atoms with Crippen molar-refractivity contribution in [3.05, 3.63) is 12.2 Å². The molecule has 0 aromatic heterocycles. The van der Waals surface area contributed by atoms with Gasteiger partial charge in [0.2, 0.25) is 0 Å². The SMILES string of the molecule is C[C@@H]1C=C[C@H](CCCC2OCCO2)[C@@H]2C(=O)OC(=O)[C@@H]21. The number of hydrogen-bond donors (Lipinski definition) is 0. The number of esters is 2. The normalized spacial score (nSPS) is 37.2. The minimum Gasteiger partial charge on any atom is -0.393 e. The predicted molar refractivity (Wildman–Crippen MR) is 69.4 cm³/mol. The van der Waals surface area contributed by atoms with Crippen LogP contribution in [0.1, 0.15) is 26.2 Å². The second-order valence-electron chi connectivity index (χ2n) is 5.80. The lowest BCUT2D eigenvalue weighted by Gasteiger charge is -2.29. The summed E-state index contributed by atoms with van der Waals surface area (Å²) in [6.07, 6.45) is 6.61. The van der Waals surface area contributed by atoms with Crippen molar-refractivity contribution >= 4 is 11.9 Å². The Labute approximate surface area is 118 Å². The molecular weight excluding hydrogens is 260 g/mol. The summed E-state index contributed by atoms with van der Waals surface area (Å²) < 4.78 is 15.6. The van der Waals surface area contributed by atoms with Gasteiger partial charge >= 0.3 is 11.9 Å². The third-order valence-electron chi connectivity index (χ3n) is 4.49. The van der Waals surface area contributed by atoms with Gasteiger partial charge in [0.1, 0.15) is 0 Å². The van der Waals surface area contributed by atoms with E-state index in [0.717, 1.165) is 19.3 Å². The fourth-order valence-corrected chi connectivity index (χ4v) is 3.44. The van der Waals surface area contributed by atoms with Crippen molar-refractivity contribution in [2.24, 2.45) is 23.7 Å². The number of allylic oxidation sites excluding steroid dienone is 2. The Bertz CT molecular complexity index is 424. The van der Waals surface area contributed by atoms with Crippen LogP contribution in [0.15, 0.2) is 12.2 Å². The third kappa shape index (κ3) is 2.52. The molecule has 2 fully saturated rings. The van der Waals surface area contributed by atoms with Crippen LogP contribution in [0.5, 0.6) is 0 Å². The average Bonchev–Trinajstić information content (AvgIpc) is 3.02. The molecule has 0 N–H and O–H groups in total. The molecule has 0 amide bonds. The van der Waals surface area contributed by atoms with Gasteiger partial charge in [0, 0.05) is 0 Å². The van der Waals surface area contributed by atoms with Crippen LogP contribution >= 0.6 is 0 Å². The van der Waals surface area contributed by atoms with Gasteiger partial charge in [-0.15, -0.1) is 0 Å². The summed E-state index contributed by atoms with van der Waals surface area (Å²) in [5.41, 5.74) is 0. The first-order valence-electron chi connectivity index (χ1n) is 7.34. The van der Waals surface area contributed by atoms with Crippen LogP contribution < -0.4 is 0 Å². The first-order chi connectivity index (χ1) is 9.66. The molecule has 0 radical (unpaired) electrons. The summed E-state index contributed by atoms with van der Waals surface area (Å²) in [7, 11) is 0. The molecule has 20 heavy (non-hydrogen) atoms. The van der Waals surface area contributed by atoms with Crippen molar-refractivity contribution < 1.29 is 23.8 Å². The standard InChI is InChI=1S/C15H20O5/c1-9-5-6-10(3-2-4-11-18-7-8-19-11)13-12(9)14(16)20-15(13)17/h5-6,9-13H,2-4,7-8H2,1H3/t9-,10+,12-,13+/m1/s1. The molecule has 5 heteroatoms. The van der Waals surface area contributed by atoms with Crippen LogP contribution in [0, 0.1) is 23.7 Å². The third-order valence-corrected chi connectivity index (χ3v) is 4.49. The molecule has 0 spiro atoms. The van der Waals surface area contributed by atoms with Crippen LogP contribution in [0.4, 0.5) is 0 Å². The quantitative estimate of drug-likeness (QED) is 0.445. The molecule has 0 aromatic carbocycles. The zero-order valence-corrected chi connectivity index (χ0v) is 11.6. The zero-order chi connectivity index (χ0) is 14.1. The predicted octanol–water partition coefficient (Wildman–Crippen LogP) is 1.67. The van der Waals surface area contributed by atoms with Gasteiger partial charge in [-0.05, 0) is 31.1 Å². The van der Waals surface area contributed by atoms with Crippen LogP contribution in [0.2, 0.25) is 0 Å². The maximum Gasteiger partial charge on any atom is 0.318 e. The molecule has 4 atom stereocenters. The molecule has 0 aromatic rings. The van der Waals surface area contributed by atoms with E-state index < -0.39 is 0 Å². The van der Waals surface area contributed by atoms with Crippen molar-refractivity contribution in [2.75, 3.05) is 13.2 Å².